The summed E-state index contributed by atoms with van der Waals surface area (Å²) in [6.07, 6.45) is 0. The van der Waals surface area contributed by atoms with Crippen LogP contribution < -0.4 is 5.32 Å². The minimum atomic E-state index is -0.665. The van der Waals surface area contributed by atoms with E-state index >= 15 is 0 Å². The molecule has 0 bridgehead atoms. The molecular formula is C24H17ClN6O4S. The number of rotatable bonds is 5. The number of thioether (sulfide) groups is 1. The molecule has 0 aliphatic carbocycles. The first-order chi connectivity index (χ1) is 17.3. The molecule has 5 rings (SSSR count). The zero-order valence-corrected chi connectivity index (χ0v) is 20.2. The summed E-state index contributed by atoms with van der Waals surface area (Å²) >= 11 is 7.13. The fourth-order valence-corrected chi connectivity index (χ4v) is 4.96. The Balaban J connectivity index is 1.62. The quantitative estimate of drug-likeness (QED) is 0.241. The van der Waals surface area contributed by atoms with Gasteiger partial charge in [-0.3, -0.25) is 20.2 Å². The van der Waals surface area contributed by atoms with Gasteiger partial charge in [0.25, 0.3) is 11.4 Å². The standard InChI is InChI=1S/C24H17ClN6O4S/c1-14-21-22(15-7-9-16(25)10-8-15)26-24(27-23(21)29(28-14)17-5-3-2-4-6-17)36-20-12-11-18(30(32)33)13-19(20)31(34)35/h2-13,22H,1H3,(H,26,27). The Labute approximate surface area is 213 Å². The van der Waals surface area contributed by atoms with Crippen LogP contribution in [0.3, 0.4) is 0 Å². The Kier molecular flexibility index (Phi) is 6.17. The van der Waals surface area contributed by atoms with Crippen molar-refractivity contribution in [3.8, 4) is 5.69 Å². The number of fused-ring (bicyclic) bond motifs is 1. The van der Waals surface area contributed by atoms with Crippen LogP contribution in [-0.2, 0) is 0 Å². The van der Waals surface area contributed by atoms with Gasteiger partial charge in [0.1, 0.15) is 11.9 Å². The molecule has 1 atom stereocenters. The fraction of sp³-hybridized carbons (Fsp3) is 0.0833. The lowest BCUT2D eigenvalue weighted by Crippen LogP contribution is -2.20. The summed E-state index contributed by atoms with van der Waals surface area (Å²) in [5.41, 5.74) is 2.61. The summed E-state index contributed by atoms with van der Waals surface area (Å²) in [7, 11) is 0. The number of nitrogens with one attached hydrogen (secondary N) is 1. The molecule has 4 aromatic rings. The summed E-state index contributed by atoms with van der Waals surface area (Å²) < 4.78 is 1.77. The average Bonchev–Trinajstić information content (AvgIpc) is 3.21. The van der Waals surface area contributed by atoms with E-state index in [9.17, 15) is 20.2 Å². The van der Waals surface area contributed by atoms with Gasteiger partial charge in [0.2, 0.25) is 0 Å². The summed E-state index contributed by atoms with van der Waals surface area (Å²) in [5, 5.41) is 31.8. The predicted octanol–water partition coefficient (Wildman–Crippen LogP) is 6.31. The zero-order chi connectivity index (χ0) is 25.4. The van der Waals surface area contributed by atoms with E-state index in [1.807, 2.05) is 49.4 Å². The summed E-state index contributed by atoms with van der Waals surface area (Å²) in [5.74, 6) is 0.681. The minimum Gasteiger partial charge on any atom is -0.319 e. The van der Waals surface area contributed by atoms with Gasteiger partial charge < -0.3 is 5.32 Å². The highest BCUT2D eigenvalue weighted by molar-refractivity contribution is 8.14. The minimum absolute atomic E-state index is 0.220. The molecule has 2 heterocycles. The van der Waals surface area contributed by atoms with Crippen molar-refractivity contribution in [3.63, 3.8) is 0 Å². The van der Waals surface area contributed by atoms with E-state index in [1.165, 1.54) is 12.1 Å². The summed E-state index contributed by atoms with van der Waals surface area (Å²) in [6, 6.07) is 20.0. The molecule has 0 radical (unpaired) electrons. The zero-order valence-electron chi connectivity index (χ0n) is 18.7. The number of nitro benzene ring substituents is 2. The maximum atomic E-state index is 11.7. The lowest BCUT2D eigenvalue weighted by Gasteiger charge is -2.24. The summed E-state index contributed by atoms with van der Waals surface area (Å²) in [6.45, 7) is 1.90. The van der Waals surface area contributed by atoms with E-state index in [0.717, 1.165) is 40.3 Å². The second kappa shape index (κ2) is 9.44. The van der Waals surface area contributed by atoms with Gasteiger partial charge in [0.15, 0.2) is 5.17 Å². The maximum Gasteiger partial charge on any atom is 0.290 e. The van der Waals surface area contributed by atoms with Gasteiger partial charge in [-0.2, -0.15) is 5.10 Å². The molecule has 180 valence electrons. The number of hydrogen-bond acceptors (Lipinski definition) is 8. The van der Waals surface area contributed by atoms with Gasteiger partial charge in [-0.15, -0.1) is 0 Å². The Hall–Kier alpha value is -4.22. The lowest BCUT2D eigenvalue weighted by molar-refractivity contribution is -0.396. The molecule has 1 unspecified atom stereocenters. The molecule has 3 aromatic carbocycles. The van der Waals surface area contributed by atoms with Gasteiger partial charge in [-0.05, 0) is 54.6 Å². The Morgan fingerprint density at radius 1 is 1.00 bits per heavy atom. The topological polar surface area (TPSA) is 128 Å². The number of para-hydroxylation sites is 1. The first kappa shape index (κ1) is 23.5. The number of halogens is 1. The van der Waals surface area contributed by atoms with Crippen molar-refractivity contribution >= 4 is 45.7 Å². The van der Waals surface area contributed by atoms with E-state index in [4.69, 9.17) is 21.7 Å². The van der Waals surface area contributed by atoms with E-state index in [1.54, 1.807) is 16.8 Å². The van der Waals surface area contributed by atoms with Crippen LogP contribution in [0.5, 0.6) is 0 Å². The smallest absolute Gasteiger partial charge is 0.290 e. The molecule has 12 heteroatoms. The molecular weight excluding hydrogens is 504 g/mol. The van der Waals surface area contributed by atoms with Crippen LogP contribution in [0.2, 0.25) is 5.02 Å². The van der Waals surface area contributed by atoms with Crippen LogP contribution in [0, 0.1) is 27.2 Å². The van der Waals surface area contributed by atoms with Crippen molar-refractivity contribution in [1.29, 1.82) is 0 Å². The molecule has 1 aromatic heterocycles. The normalized spacial score (nSPS) is 14.5. The van der Waals surface area contributed by atoms with Crippen molar-refractivity contribution in [1.82, 2.24) is 9.78 Å². The highest BCUT2D eigenvalue weighted by Crippen LogP contribution is 2.42. The van der Waals surface area contributed by atoms with Crippen LogP contribution in [-0.4, -0.2) is 24.8 Å². The molecule has 1 aliphatic rings. The molecule has 0 saturated carbocycles. The Morgan fingerprint density at radius 3 is 2.39 bits per heavy atom. The number of anilines is 1. The Bertz CT molecular complexity index is 1520. The van der Waals surface area contributed by atoms with E-state index in [2.05, 4.69) is 5.32 Å². The first-order valence-electron chi connectivity index (χ1n) is 10.7. The molecule has 0 saturated heterocycles. The Morgan fingerprint density at radius 2 is 1.72 bits per heavy atom. The number of aryl methyl sites for hydroxylation is 1. The molecule has 0 spiro atoms. The number of hydrogen-bond donors (Lipinski definition) is 1. The third kappa shape index (κ3) is 4.41. The number of amidine groups is 1. The number of nitrogens with zero attached hydrogens (tertiary/aromatic N) is 5. The van der Waals surface area contributed by atoms with Crippen LogP contribution in [0.15, 0.2) is 82.7 Å². The maximum absolute atomic E-state index is 11.7. The number of nitro groups is 2. The molecule has 1 N–H and O–H groups in total. The van der Waals surface area contributed by atoms with E-state index in [-0.39, 0.29) is 16.3 Å². The number of benzene rings is 3. The molecule has 10 nitrogen and oxygen atoms in total. The molecule has 0 amide bonds. The van der Waals surface area contributed by atoms with Gasteiger partial charge in [0, 0.05) is 16.7 Å². The number of aromatic nitrogens is 2. The van der Waals surface area contributed by atoms with Gasteiger partial charge in [0.05, 0.1) is 32.2 Å². The molecule has 36 heavy (non-hydrogen) atoms. The first-order valence-corrected chi connectivity index (χ1v) is 11.9. The van der Waals surface area contributed by atoms with Crippen molar-refractivity contribution in [2.45, 2.75) is 17.9 Å². The van der Waals surface area contributed by atoms with Crippen molar-refractivity contribution < 1.29 is 9.85 Å². The lowest BCUT2D eigenvalue weighted by atomic mass is 9.98. The van der Waals surface area contributed by atoms with Gasteiger partial charge >= 0.3 is 0 Å². The monoisotopic (exact) mass is 520 g/mol. The van der Waals surface area contributed by atoms with Crippen LogP contribution >= 0.6 is 23.4 Å². The highest BCUT2D eigenvalue weighted by Gasteiger charge is 2.31. The second-order valence-corrected chi connectivity index (χ2v) is 9.34. The number of aliphatic imine (C=N–C) groups is 1. The van der Waals surface area contributed by atoms with Crippen LogP contribution in [0.1, 0.15) is 22.9 Å². The second-order valence-electron chi connectivity index (χ2n) is 7.88. The SMILES string of the molecule is Cc1nn(-c2ccccc2)c2c1C(c1ccc(Cl)cc1)N=C(Sc1ccc([N+](=O)[O-])cc1[N+](=O)[O-])N2. The molecule has 1 aliphatic heterocycles. The van der Waals surface area contributed by atoms with Crippen molar-refractivity contribution in [3.05, 3.63) is 115 Å². The average molecular weight is 521 g/mol. The highest BCUT2D eigenvalue weighted by atomic mass is 35.5. The summed E-state index contributed by atoms with van der Waals surface area (Å²) in [4.78, 5) is 26.6. The predicted molar refractivity (Wildman–Crippen MR) is 138 cm³/mol. The van der Waals surface area contributed by atoms with E-state index < -0.39 is 15.9 Å². The molecule has 0 fully saturated rings. The largest absolute Gasteiger partial charge is 0.319 e. The fourth-order valence-electron chi connectivity index (χ4n) is 3.95. The van der Waals surface area contributed by atoms with Crippen LogP contribution in [0.4, 0.5) is 17.2 Å². The van der Waals surface area contributed by atoms with Crippen LogP contribution in [0.25, 0.3) is 5.69 Å². The van der Waals surface area contributed by atoms with Crippen molar-refractivity contribution in [2.24, 2.45) is 4.99 Å². The van der Waals surface area contributed by atoms with Gasteiger partial charge in [-0.1, -0.05) is 41.9 Å². The van der Waals surface area contributed by atoms with Gasteiger partial charge in [-0.25, -0.2) is 9.67 Å². The number of non-ortho nitro benzene ring substituents is 1. The van der Waals surface area contributed by atoms with E-state index in [0.29, 0.717) is 16.0 Å². The third-order valence-corrected chi connectivity index (χ3v) is 6.81. The third-order valence-electron chi connectivity index (χ3n) is 5.60. The van der Waals surface area contributed by atoms with Crippen molar-refractivity contribution in [2.75, 3.05) is 5.32 Å².